The second-order valence-corrected chi connectivity index (χ2v) is 9.26. The maximum atomic E-state index is 13.8. The lowest BCUT2D eigenvalue weighted by atomic mass is 9.81. The normalized spacial score (nSPS) is 18.4. The molecule has 3 N–H and O–H groups in total. The zero-order chi connectivity index (χ0) is 25.6. The van der Waals surface area contributed by atoms with Crippen LogP contribution in [0, 0.1) is 11.8 Å². The summed E-state index contributed by atoms with van der Waals surface area (Å²) in [6.45, 7) is 4.25. The van der Waals surface area contributed by atoms with Gasteiger partial charge in [0.05, 0.1) is 24.1 Å². The highest BCUT2D eigenvalue weighted by Crippen LogP contribution is 2.36. The van der Waals surface area contributed by atoms with Crippen LogP contribution in [-0.2, 0) is 23.9 Å². The van der Waals surface area contributed by atoms with Gasteiger partial charge in [-0.1, -0.05) is 32.8 Å². The molecule has 1 aliphatic rings. The van der Waals surface area contributed by atoms with E-state index in [0.29, 0.717) is 18.0 Å². The molecule has 3 rings (SSSR count). The molecule has 0 aliphatic heterocycles. The van der Waals surface area contributed by atoms with Gasteiger partial charge in [-0.2, -0.15) is 13.2 Å². The monoisotopic (exact) mass is 493 g/mol. The van der Waals surface area contributed by atoms with Gasteiger partial charge in [0.25, 0.3) is 0 Å². The molecule has 0 radical (unpaired) electrons. The lowest BCUT2D eigenvalue weighted by molar-refractivity contribution is -0.139. The van der Waals surface area contributed by atoms with Gasteiger partial charge < -0.3 is 20.7 Å². The molecule has 2 aromatic rings. The van der Waals surface area contributed by atoms with E-state index in [-0.39, 0.29) is 41.8 Å². The van der Waals surface area contributed by atoms with Crippen molar-refractivity contribution in [2.45, 2.75) is 64.7 Å². The van der Waals surface area contributed by atoms with Gasteiger partial charge in [0.2, 0.25) is 11.9 Å². The summed E-state index contributed by atoms with van der Waals surface area (Å²) in [4.78, 5) is 20.5. The van der Waals surface area contributed by atoms with Crippen molar-refractivity contribution in [3.8, 4) is 5.75 Å². The van der Waals surface area contributed by atoms with Crippen LogP contribution in [0.5, 0.6) is 5.75 Å². The molecule has 1 saturated carbocycles. The Morgan fingerprint density at radius 3 is 2.63 bits per heavy atom. The number of hydrogen-bond acceptors (Lipinski definition) is 6. The summed E-state index contributed by atoms with van der Waals surface area (Å²) in [6.07, 6.45) is -0.321. The molecule has 35 heavy (non-hydrogen) atoms. The average molecular weight is 494 g/mol. The molecule has 0 unspecified atom stereocenters. The molecule has 1 aromatic heterocycles. The van der Waals surface area contributed by atoms with E-state index in [1.807, 2.05) is 19.2 Å². The molecule has 2 atom stereocenters. The van der Waals surface area contributed by atoms with Crippen molar-refractivity contribution in [3.63, 3.8) is 0 Å². The van der Waals surface area contributed by atoms with Crippen LogP contribution in [-0.4, -0.2) is 36.1 Å². The van der Waals surface area contributed by atoms with Crippen molar-refractivity contribution in [1.82, 2.24) is 20.6 Å². The molecule has 1 aliphatic carbocycles. The Hall–Kier alpha value is -2.88. The molecule has 10 heteroatoms. The number of carbonyl (C=O) groups is 1. The van der Waals surface area contributed by atoms with Crippen molar-refractivity contribution < 1.29 is 22.7 Å². The highest BCUT2D eigenvalue weighted by molar-refractivity contribution is 5.78. The second kappa shape index (κ2) is 11.7. The van der Waals surface area contributed by atoms with Crippen LogP contribution in [0.4, 0.5) is 24.8 Å². The number of rotatable bonds is 9. The Labute approximate surface area is 204 Å². The van der Waals surface area contributed by atoms with E-state index < -0.39 is 11.7 Å². The Morgan fingerprint density at radius 2 is 1.97 bits per heavy atom. The van der Waals surface area contributed by atoms with Gasteiger partial charge >= 0.3 is 6.18 Å². The quantitative estimate of drug-likeness (QED) is 0.463. The third-order valence-corrected chi connectivity index (χ3v) is 6.28. The van der Waals surface area contributed by atoms with Crippen molar-refractivity contribution >= 4 is 17.5 Å². The van der Waals surface area contributed by atoms with Crippen LogP contribution in [0.3, 0.4) is 0 Å². The molecular weight excluding hydrogens is 459 g/mol. The standard InChI is InChI=1S/C25H34F3N5O2/c1-15(2)23(34)31-19-8-6-5-7-17(19)12-21-18(25(26,27)28)14-30-24(33-21)32-20-10-9-16(13-29-3)11-22(20)35-4/h9-11,14-15,17,19,29H,5-8,12-13H2,1-4H3,(H,31,34)(H,30,32,33)/t17-,19+/m0/s1. The van der Waals surface area contributed by atoms with Crippen LogP contribution in [0.25, 0.3) is 0 Å². The first-order chi connectivity index (χ1) is 16.6. The number of hydrogen-bond donors (Lipinski definition) is 3. The van der Waals surface area contributed by atoms with Crippen LogP contribution >= 0.6 is 0 Å². The summed E-state index contributed by atoms with van der Waals surface area (Å²) in [5.74, 6) is 0.188. The van der Waals surface area contributed by atoms with Crippen LogP contribution in [0.2, 0.25) is 0 Å². The van der Waals surface area contributed by atoms with Crippen molar-refractivity contribution in [1.29, 1.82) is 0 Å². The van der Waals surface area contributed by atoms with E-state index in [1.165, 1.54) is 7.11 Å². The predicted octanol–water partition coefficient (Wildman–Crippen LogP) is 4.84. The largest absolute Gasteiger partial charge is 0.495 e. The number of benzene rings is 1. The predicted molar refractivity (Wildman–Crippen MR) is 129 cm³/mol. The number of amides is 1. The van der Waals surface area contributed by atoms with Gasteiger partial charge in [-0.05, 0) is 49.9 Å². The van der Waals surface area contributed by atoms with Crippen LogP contribution < -0.4 is 20.7 Å². The maximum Gasteiger partial charge on any atom is 0.419 e. The number of nitrogens with zero attached hydrogens (tertiary/aromatic N) is 2. The van der Waals surface area contributed by atoms with Crippen LogP contribution in [0.15, 0.2) is 24.4 Å². The molecule has 1 heterocycles. The molecule has 1 amide bonds. The minimum Gasteiger partial charge on any atom is -0.495 e. The van der Waals surface area contributed by atoms with Gasteiger partial charge in [0, 0.05) is 24.7 Å². The number of anilines is 2. The summed E-state index contributed by atoms with van der Waals surface area (Å²) in [6, 6.07) is 5.33. The SMILES string of the molecule is CNCc1ccc(Nc2ncc(C(F)(F)F)c(C[C@@H]3CCCC[C@H]3NC(=O)C(C)C)n2)c(OC)c1. The van der Waals surface area contributed by atoms with Gasteiger partial charge in [-0.25, -0.2) is 9.97 Å². The summed E-state index contributed by atoms with van der Waals surface area (Å²) < 4.78 is 46.9. The number of aromatic nitrogens is 2. The zero-order valence-electron chi connectivity index (χ0n) is 20.6. The zero-order valence-corrected chi connectivity index (χ0v) is 20.6. The number of halogens is 3. The number of carbonyl (C=O) groups excluding carboxylic acids is 1. The number of methoxy groups -OCH3 is 1. The number of ether oxygens (including phenoxy) is 1. The highest BCUT2D eigenvalue weighted by atomic mass is 19.4. The Kier molecular flexibility index (Phi) is 8.93. The van der Waals surface area contributed by atoms with Gasteiger partial charge in [-0.15, -0.1) is 0 Å². The summed E-state index contributed by atoms with van der Waals surface area (Å²) in [5, 5.41) is 9.09. The Morgan fingerprint density at radius 1 is 1.23 bits per heavy atom. The van der Waals surface area contributed by atoms with E-state index in [1.54, 1.807) is 19.9 Å². The fraction of sp³-hybridized carbons (Fsp3) is 0.560. The third kappa shape index (κ3) is 7.06. The minimum atomic E-state index is -4.58. The first-order valence-electron chi connectivity index (χ1n) is 11.9. The Balaban J connectivity index is 1.88. The average Bonchev–Trinajstić information content (AvgIpc) is 2.80. The third-order valence-electron chi connectivity index (χ3n) is 6.28. The van der Waals surface area contributed by atoms with E-state index in [2.05, 4.69) is 25.9 Å². The molecule has 1 aromatic carbocycles. The lowest BCUT2D eigenvalue weighted by Gasteiger charge is -2.33. The van der Waals surface area contributed by atoms with Gasteiger partial charge in [0.1, 0.15) is 5.75 Å². The molecular formula is C25H34F3N5O2. The second-order valence-electron chi connectivity index (χ2n) is 9.26. The molecule has 7 nitrogen and oxygen atoms in total. The van der Waals surface area contributed by atoms with E-state index in [9.17, 15) is 18.0 Å². The smallest absolute Gasteiger partial charge is 0.419 e. The first kappa shape index (κ1) is 26.7. The fourth-order valence-electron chi connectivity index (χ4n) is 4.38. The number of alkyl halides is 3. The topological polar surface area (TPSA) is 88.2 Å². The van der Waals surface area contributed by atoms with Crippen molar-refractivity contribution in [2.24, 2.45) is 11.8 Å². The molecule has 192 valence electrons. The highest BCUT2D eigenvalue weighted by Gasteiger charge is 2.37. The maximum absolute atomic E-state index is 13.8. The summed E-state index contributed by atoms with van der Waals surface area (Å²) >= 11 is 0. The van der Waals surface area contributed by atoms with Crippen molar-refractivity contribution in [3.05, 3.63) is 41.2 Å². The van der Waals surface area contributed by atoms with Gasteiger partial charge in [0.15, 0.2) is 0 Å². The number of nitrogens with one attached hydrogen (secondary N) is 3. The molecule has 0 spiro atoms. The molecule has 0 saturated heterocycles. The van der Waals surface area contributed by atoms with E-state index in [0.717, 1.165) is 37.4 Å². The fourth-order valence-corrected chi connectivity index (χ4v) is 4.38. The molecule has 0 bridgehead atoms. The lowest BCUT2D eigenvalue weighted by Crippen LogP contribution is -2.44. The van der Waals surface area contributed by atoms with Crippen LogP contribution in [0.1, 0.15) is 56.4 Å². The summed E-state index contributed by atoms with van der Waals surface area (Å²) in [7, 11) is 3.36. The Bertz CT molecular complexity index is 1010. The van der Waals surface area contributed by atoms with E-state index in [4.69, 9.17) is 4.74 Å². The van der Waals surface area contributed by atoms with Gasteiger partial charge in [-0.3, -0.25) is 4.79 Å². The molecule has 1 fully saturated rings. The van der Waals surface area contributed by atoms with Crippen molar-refractivity contribution in [2.75, 3.05) is 19.5 Å². The van der Waals surface area contributed by atoms with E-state index >= 15 is 0 Å². The minimum absolute atomic E-state index is 0.0613. The summed E-state index contributed by atoms with van der Waals surface area (Å²) in [5.41, 5.74) is 0.629. The first-order valence-corrected chi connectivity index (χ1v) is 11.9.